The maximum absolute atomic E-state index is 5.93. The van der Waals surface area contributed by atoms with Gasteiger partial charge in [-0.1, -0.05) is 41.9 Å². The van der Waals surface area contributed by atoms with Gasteiger partial charge in [0.1, 0.15) is 5.82 Å². The molecule has 2 aromatic rings. The number of fused-ring (bicyclic) bond motifs is 1. The van der Waals surface area contributed by atoms with Crippen molar-refractivity contribution in [1.82, 2.24) is 4.98 Å². The fourth-order valence-corrected chi connectivity index (χ4v) is 2.39. The SMILES string of the molecule is CC1(c2ccccc2)CNc2cc(Cl)cnc2N1. The molecule has 2 N–H and O–H groups in total. The molecule has 4 heteroatoms. The second kappa shape index (κ2) is 4.18. The fraction of sp³-hybridized carbons (Fsp3) is 0.214. The van der Waals surface area contributed by atoms with Gasteiger partial charge in [0.15, 0.2) is 0 Å². The van der Waals surface area contributed by atoms with Crippen molar-refractivity contribution in [1.29, 1.82) is 0 Å². The summed E-state index contributed by atoms with van der Waals surface area (Å²) in [4.78, 5) is 4.33. The molecular formula is C14H14ClN3. The van der Waals surface area contributed by atoms with E-state index in [4.69, 9.17) is 11.6 Å². The summed E-state index contributed by atoms with van der Waals surface area (Å²) in [6.45, 7) is 2.96. The summed E-state index contributed by atoms with van der Waals surface area (Å²) in [7, 11) is 0. The molecule has 1 aromatic heterocycles. The maximum Gasteiger partial charge on any atom is 0.150 e. The highest BCUT2D eigenvalue weighted by Gasteiger charge is 2.31. The lowest BCUT2D eigenvalue weighted by Gasteiger charge is -2.37. The van der Waals surface area contributed by atoms with Gasteiger partial charge in [0.05, 0.1) is 16.2 Å². The van der Waals surface area contributed by atoms with E-state index in [1.54, 1.807) is 6.20 Å². The number of benzene rings is 1. The fourth-order valence-electron chi connectivity index (χ4n) is 2.23. The zero-order valence-corrected chi connectivity index (χ0v) is 10.8. The lowest BCUT2D eigenvalue weighted by Crippen LogP contribution is -2.42. The molecule has 1 atom stereocenters. The first-order valence-electron chi connectivity index (χ1n) is 5.90. The van der Waals surface area contributed by atoms with Gasteiger partial charge < -0.3 is 10.6 Å². The van der Waals surface area contributed by atoms with Crippen LogP contribution in [-0.4, -0.2) is 11.5 Å². The summed E-state index contributed by atoms with van der Waals surface area (Å²) in [6.07, 6.45) is 1.66. The largest absolute Gasteiger partial charge is 0.379 e. The first-order chi connectivity index (χ1) is 8.67. The van der Waals surface area contributed by atoms with Crippen molar-refractivity contribution in [3.8, 4) is 0 Å². The first-order valence-corrected chi connectivity index (χ1v) is 6.28. The van der Waals surface area contributed by atoms with Crippen LogP contribution in [0.3, 0.4) is 0 Å². The van der Waals surface area contributed by atoms with Crippen molar-refractivity contribution >= 4 is 23.1 Å². The average Bonchev–Trinajstić information content (AvgIpc) is 2.40. The second-order valence-corrected chi connectivity index (χ2v) is 5.16. The lowest BCUT2D eigenvalue weighted by molar-refractivity contribution is 0.561. The standard InChI is InChI=1S/C14H14ClN3/c1-14(10-5-3-2-4-6-10)9-17-12-7-11(15)8-16-13(12)18-14/h2-8,17H,9H2,1H3,(H,16,18). The first kappa shape index (κ1) is 11.4. The van der Waals surface area contributed by atoms with Crippen LogP contribution in [0.1, 0.15) is 12.5 Å². The van der Waals surface area contributed by atoms with E-state index in [0.717, 1.165) is 18.1 Å². The number of nitrogens with one attached hydrogen (secondary N) is 2. The van der Waals surface area contributed by atoms with Crippen LogP contribution in [0.4, 0.5) is 11.5 Å². The highest BCUT2D eigenvalue weighted by atomic mass is 35.5. The van der Waals surface area contributed by atoms with Gasteiger partial charge in [-0.15, -0.1) is 0 Å². The third-order valence-electron chi connectivity index (χ3n) is 3.29. The molecule has 1 unspecified atom stereocenters. The Balaban J connectivity index is 1.97. The van der Waals surface area contributed by atoms with Crippen molar-refractivity contribution in [2.45, 2.75) is 12.5 Å². The topological polar surface area (TPSA) is 37.0 Å². The summed E-state index contributed by atoms with van der Waals surface area (Å²) in [5, 5.41) is 7.51. The highest BCUT2D eigenvalue weighted by molar-refractivity contribution is 6.30. The Bertz CT molecular complexity index is 571. The Labute approximate surface area is 111 Å². The Hall–Kier alpha value is -1.74. The monoisotopic (exact) mass is 259 g/mol. The van der Waals surface area contributed by atoms with E-state index in [1.165, 1.54) is 5.56 Å². The molecule has 0 amide bonds. The number of hydrogen-bond acceptors (Lipinski definition) is 3. The molecule has 0 bridgehead atoms. The van der Waals surface area contributed by atoms with Crippen LogP contribution < -0.4 is 10.6 Å². The Morgan fingerprint density at radius 2 is 2.06 bits per heavy atom. The van der Waals surface area contributed by atoms with E-state index < -0.39 is 0 Å². The maximum atomic E-state index is 5.93. The van der Waals surface area contributed by atoms with Crippen molar-refractivity contribution in [2.24, 2.45) is 0 Å². The molecule has 92 valence electrons. The molecule has 1 aliphatic heterocycles. The van der Waals surface area contributed by atoms with E-state index in [1.807, 2.05) is 24.3 Å². The predicted octanol–water partition coefficient (Wildman–Crippen LogP) is 3.49. The van der Waals surface area contributed by atoms with Gasteiger partial charge >= 0.3 is 0 Å². The van der Waals surface area contributed by atoms with E-state index >= 15 is 0 Å². The van der Waals surface area contributed by atoms with Gasteiger partial charge in [-0.3, -0.25) is 0 Å². The van der Waals surface area contributed by atoms with Gasteiger partial charge in [-0.05, 0) is 18.6 Å². The normalized spacial score (nSPS) is 21.7. The van der Waals surface area contributed by atoms with Crippen molar-refractivity contribution in [3.05, 3.63) is 53.2 Å². The molecule has 1 aliphatic rings. The molecule has 3 nitrogen and oxygen atoms in total. The summed E-state index contributed by atoms with van der Waals surface area (Å²) in [5.41, 5.74) is 2.03. The number of nitrogens with zero attached hydrogens (tertiary/aromatic N) is 1. The van der Waals surface area contributed by atoms with Gasteiger partial charge in [0.2, 0.25) is 0 Å². The number of rotatable bonds is 1. The molecule has 1 aromatic carbocycles. The Kier molecular flexibility index (Phi) is 2.63. The predicted molar refractivity (Wildman–Crippen MR) is 75.2 cm³/mol. The molecule has 0 spiro atoms. The van der Waals surface area contributed by atoms with Crippen LogP contribution in [0.2, 0.25) is 5.02 Å². The van der Waals surface area contributed by atoms with Crippen molar-refractivity contribution in [3.63, 3.8) is 0 Å². The number of anilines is 2. The summed E-state index contributed by atoms with van der Waals surface area (Å²) in [5.74, 6) is 0.844. The van der Waals surface area contributed by atoms with Crippen LogP contribution >= 0.6 is 11.6 Å². The molecule has 0 saturated carbocycles. The second-order valence-electron chi connectivity index (χ2n) is 4.73. The zero-order valence-electron chi connectivity index (χ0n) is 10.1. The summed E-state index contributed by atoms with van der Waals surface area (Å²) >= 11 is 5.93. The summed E-state index contributed by atoms with van der Waals surface area (Å²) < 4.78 is 0. The van der Waals surface area contributed by atoms with Crippen LogP contribution in [0, 0.1) is 0 Å². The molecular weight excluding hydrogens is 246 g/mol. The molecule has 0 radical (unpaired) electrons. The minimum atomic E-state index is -0.158. The van der Waals surface area contributed by atoms with E-state index in [-0.39, 0.29) is 5.54 Å². The summed E-state index contributed by atoms with van der Waals surface area (Å²) in [6, 6.07) is 12.3. The molecule has 0 saturated heterocycles. The quantitative estimate of drug-likeness (QED) is 0.823. The smallest absolute Gasteiger partial charge is 0.150 e. The van der Waals surface area contributed by atoms with E-state index in [0.29, 0.717) is 5.02 Å². The number of hydrogen-bond donors (Lipinski definition) is 2. The third kappa shape index (κ3) is 1.91. The zero-order chi connectivity index (χ0) is 12.6. The highest BCUT2D eigenvalue weighted by Crippen LogP contribution is 2.34. The number of pyridine rings is 1. The van der Waals surface area contributed by atoms with Crippen LogP contribution in [0.15, 0.2) is 42.6 Å². The molecule has 0 fully saturated rings. The number of aromatic nitrogens is 1. The third-order valence-corrected chi connectivity index (χ3v) is 3.50. The molecule has 0 aliphatic carbocycles. The minimum Gasteiger partial charge on any atom is -0.379 e. The van der Waals surface area contributed by atoms with Gasteiger partial charge in [0.25, 0.3) is 0 Å². The Morgan fingerprint density at radius 1 is 1.28 bits per heavy atom. The number of halogens is 1. The van der Waals surface area contributed by atoms with Crippen molar-refractivity contribution < 1.29 is 0 Å². The Morgan fingerprint density at radius 3 is 2.83 bits per heavy atom. The van der Waals surface area contributed by atoms with Gasteiger partial charge in [-0.2, -0.15) is 0 Å². The van der Waals surface area contributed by atoms with Crippen LogP contribution in [0.5, 0.6) is 0 Å². The van der Waals surface area contributed by atoms with Gasteiger partial charge in [-0.25, -0.2) is 4.98 Å². The van der Waals surface area contributed by atoms with Crippen molar-refractivity contribution in [2.75, 3.05) is 17.2 Å². The van der Waals surface area contributed by atoms with E-state index in [2.05, 4.69) is 34.7 Å². The van der Waals surface area contributed by atoms with Crippen LogP contribution in [-0.2, 0) is 5.54 Å². The van der Waals surface area contributed by atoms with Crippen LogP contribution in [0.25, 0.3) is 0 Å². The molecule has 3 rings (SSSR count). The van der Waals surface area contributed by atoms with Gasteiger partial charge in [0, 0.05) is 12.7 Å². The minimum absolute atomic E-state index is 0.158. The average molecular weight is 260 g/mol. The lowest BCUT2D eigenvalue weighted by atomic mass is 9.90. The van der Waals surface area contributed by atoms with E-state index in [9.17, 15) is 0 Å². The molecule has 2 heterocycles. The molecule has 18 heavy (non-hydrogen) atoms.